The Morgan fingerprint density at radius 3 is 2.61 bits per heavy atom. The standard InChI is InChI=1S/C13H15N3O2/c1-8-6-4-5-7-10(8)16-12(14)9(2)11(15-16)13(17)18-3/h4-7H,14H2,1-3H3. The van der Waals surface area contributed by atoms with Gasteiger partial charge in [0.05, 0.1) is 12.8 Å². The van der Waals surface area contributed by atoms with Crippen LogP contribution in [0.2, 0.25) is 0 Å². The van der Waals surface area contributed by atoms with Crippen LogP contribution < -0.4 is 5.73 Å². The van der Waals surface area contributed by atoms with E-state index in [2.05, 4.69) is 9.84 Å². The molecule has 0 fully saturated rings. The van der Waals surface area contributed by atoms with Gasteiger partial charge in [-0.15, -0.1) is 0 Å². The second-order valence-electron chi connectivity index (χ2n) is 4.05. The maximum Gasteiger partial charge on any atom is 0.358 e. The minimum Gasteiger partial charge on any atom is -0.464 e. The SMILES string of the molecule is COC(=O)c1nn(-c2ccccc2C)c(N)c1C. The lowest BCUT2D eigenvalue weighted by Gasteiger charge is -2.07. The monoisotopic (exact) mass is 245 g/mol. The molecule has 5 nitrogen and oxygen atoms in total. The molecule has 0 atom stereocenters. The van der Waals surface area contributed by atoms with Crippen molar-refractivity contribution in [2.45, 2.75) is 13.8 Å². The molecule has 94 valence electrons. The van der Waals surface area contributed by atoms with E-state index in [0.717, 1.165) is 11.3 Å². The van der Waals surface area contributed by atoms with Gasteiger partial charge in [-0.25, -0.2) is 9.48 Å². The van der Waals surface area contributed by atoms with Crippen molar-refractivity contribution in [3.63, 3.8) is 0 Å². The number of ether oxygens (including phenoxy) is 1. The average molecular weight is 245 g/mol. The minimum absolute atomic E-state index is 0.248. The van der Waals surface area contributed by atoms with Crippen LogP contribution in [-0.2, 0) is 4.74 Å². The number of anilines is 1. The van der Waals surface area contributed by atoms with Crippen LogP contribution in [0.3, 0.4) is 0 Å². The summed E-state index contributed by atoms with van der Waals surface area (Å²) in [6.45, 7) is 3.72. The van der Waals surface area contributed by atoms with Crippen molar-refractivity contribution in [1.82, 2.24) is 9.78 Å². The molecule has 0 unspecified atom stereocenters. The molecule has 1 heterocycles. The van der Waals surface area contributed by atoms with Gasteiger partial charge in [-0.1, -0.05) is 18.2 Å². The second-order valence-corrected chi connectivity index (χ2v) is 4.05. The van der Waals surface area contributed by atoms with Crippen LogP contribution in [0, 0.1) is 13.8 Å². The van der Waals surface area contributed by atoms with E-state index in [1.54, 1.807) is 11.6 Å². The number of benzene rings is 1. The predicted molar refractivity (Wildman–Crippen MR) is 68.8 cm³/mol. The molecule has 0 aliphatic carbocycles. The first-order valence-corrected chi connectivity index (χ1v) is 5.55. The lowest BCUT2D eigenvalue weighted by atomic mass is 10.2. The maximum absolute atomic E-state index is 11.6. The number of methoxy groups -OCH3 is 1. The van der Waals surface area contributed by atoms with E-state index in [0.29, 0.717) is 11.4 Å². The highest BCUT2D eigenvalue weighted by Gasteiger charge is 2.20. The number of aromatic nitrogens is 2. The molecule has 0 amide bonds. The summed E-state index contributed by atoms with van der Waals surface area (Å²) in [4.78, 5) is 11.6. The molecule has 0 saturated heterocycles. The topological polar surface area (TPSA) is 70.1 Å². The molecule has 0 aliphatic rings. The fourth-order valence-corrected chi connectivity index (χ4v) is 1.78. The Bertz CT molecular complexity index is 602. The Morgan fingerprint density at radius 2 is 2.00 bits per heavy atom. The second kappa shape index (κ2) is 4.52. The van der Waals surface area contributed by atoms with Gasteiger partial charge in [0.25, 0.3) is 0 Å². The summed E-state index contributed by atoms with van der Waals surface area (Å²) in [5.74, 6) is -0.0313. The number of rotatable bonds is 2. The minimum atomic E-state index is -0.480. The van der Waals surface area contributed by atoms with Crippen molar-refractivity contribution in [1.29, 1.82) is 0 Å². The predicted octanol–water partition coefficient (Wildman–Crippen LogP) is 1.86. The summed E-state index contributed by atoms with van der Waals surface area (Å²) in [5.41, 5.74) is 8.75. The van der Waals surface area contributed by atoms with Gasteiger partial charge >= 0.3 is 5.97 Å². The number of esters is 1. The molecule has 5 heteroatoms. The van der Waals surface area contributed by atoms with Gasteiger partial charge in [-0.2, -0.15) is 5.10 Å². The molecule has 18 heavy (non-hydrogen) atoms. The maximum atomic E-state index is 11.6. The highest BCUT2D eigenvalue weighted by Crippen LogP contribution is 2.22. The van der Waals surface area contributed by atoms with E-state index in [4.69, 9.17) is 5.73 Å². The molecule has 0 radical (unpaired) electrons. The van der Waals surface area contributed by atoms with E-state index in [-0.39, 0.29) is 5.69 Å². The van der Waals surface area contributed by atoms with Gasteiger partial charge in [-0.05, 0) is 25.5 Å². The number of nitrogen functional groups attached to an aromatic ring is 1. The summed E-state index contributed by atoms with van der Waals surface area (Å²) in [5, 5.41) is 4.23. The van der Waals surface area contributed by atoms with Crippen LogP contribution in [0.15, 0.2) is 24.3 Å². The van der Waals surface area contributed by atoms with Crippen molar-refractivity contribution in [2.24, 2.45) is 0 Å². The van der Waals surface area contributed by atoms with Crippen LogP contribution >= 0.6 is 0 Å². The molecule has 1 aromatic heterocycles. The van der Waals surface area contributed by atoms with E-state index in [1.807, 2.05) is 31.2 Å². The number of carbonyl (C=O) groups excluding carboxylic acids is 1. The first-order valence-electron chi connectivity index (χ1n) is 5.55. The van der Waals surface area contributed by atoms with Crippen molar-refractivity contribution >= 4 is 11.8 Å². The Labute approximate surface area is 105 Å². The van der Waals surface area contributed by atoms with E-state index in [1.165, 1.54) is 7.11 Å². The normalized spacial score (nSPS) is 10.4. The zero-order valence-electron chi connectivity index (χ0n) is 10.6. The van der Waals surface area contributed by atoms with Crippen molar-refractivity contribution < 1.29 is 9.53 Å². The van der Waals surface area contributed by atoms with E-state index >= 15 is 0 Å². The van der Waals surface area contributed by atoms with Gasteiger partial charge in [0.15, 0.2) is 5.69 Å². The molecule has 1 aromatic carbocycles. The molecule has 2 rings (SSSR count). The first-order chi connectivity index (χ1) is 8.56. The van der Waals surface area contributed by atoms with Crippen LogP contribution in [-0.4, -0.2) is 22.9 Å². The van der Waals surface area contributed by atoms with Crippen LogP contribution in [0.4, 0.5) is 5.82 Å². The van der Waals surface area contributed by atoms with Gasteiger partial charge in [0.1, 0.15) is 5.82 Å². The van der Waals surface area contributed by atoms with Gasteiger partial charge < -0.3 is 10.5 Å². The summed E-state index contributed by atoms with van der Waals surface area (Å²) in [7, 11) is 1.32. The number of nitrogens with two attached hydrogens (primary N) is 1. The van der Waals surface area contributed by atoms with Crippen LogP contribution in [0.25, 0.3) is 5.69 Å². The van der Waals surface area contributed by atoms with Gasteiger partial charge in [0.2, 0.25) is 0 Å². The summed E-state index contributed by atoms with van der Waals surface area (Å²) >= 11 is 0. The van der Waals surface area contributed by atoms with Crippen molar-refractivity contribution in [3.8, 4) is 5.69 Å². The Balaban J connectivity index is 2.60. The molecule has 0 saturated carbocycles. The number of para-hydroxylation sites is 1. The molecule has 0 spiro atoms. The quantitative estimate of drug-likeness (QED) is 0.820. The lowest BCUT2D eigenvalue weighted by molar-refractivity contribution is 0.0592. The Morgan fingerprint density at radius 1 is 1.33 bits per heavy atom. The fraction of sp³-hybridized carbons (Fsp3) is 0.231. The van der Waals surface area contributed by atoms with Gasteiger partial charge in [-0.3, -0.25) is 0 Å². The zero-order chi connectivity index (χ0) is 13.3. The van der Waals surface area contributed by atoms with Crippen molar-refractivity contribution in [3.05, 3.63) is 41.1 Å². The zero-order valence-corrected chi connectivity index (χ0v) is 10.6. The summed E-state index contributed by atoms with van der Waals surface area (Å²) in [6.07, 6.45) is 0. The molecule has 0 aliphatic heterocycles. The Kier molecular flexibility index (Phi) is 3.06. The van der Waals surface area contributed by atoms with E-state index in [9.17, 15) is 4.79 Å². The third kappa shape index (κ3) is 1.84. The molecule has 2 aromatic rings. The highest BCUT2D eigenvalue weighted by atomic mass is 16.5. The average Bonchev–Trinajstić information content (AvgIpc) is 2.67. The molecular formula is C13H15N3O2. The number of nitrogens with zero attached hydrogens (tertiary/aromatic N) is 2. The third-order valence-corrected chi connectivity index (χ3v) is 2.89. The third-order valence-electron chi connectivity index (χ3n) is 2.89. The van der Waals surface area contributed by atoms with Crippen LogP contribution in [0.5, 0.6) is 0 Å². The lowest BCUT2D eigenvalue weighted by Crippen LogP contribution is -2.06. The number of carbonyl (C=O) groups is 1. The number of aryl methyl sites for hydroxylation is 1. The molecule has 2 N–H and O–H groups in total. The number of hydrogen-bond donors (Lipinski definition) is 1. The fourth-order valence-electron chi connectivity index (χ4n) is 1.78. The van der Waals surface area contributed by atoms with E-state index < -0.39 is 5.97 Å². The Hall–Kier alpha value is -2.30. The summed E-state index contributed by atoms with van der Waals surface area (Å²) in [6, 6.07) is 7.70. The highest BCUT2D eigenvalue weighted by molar-refractivity contribution is 5.90. The van der Waals surface area contributed by atoms with Gasteiger partial charge in [0, 0.05) is 5.56 Å². The molecular weight excluding hydrogens is 230 g/mol. The summed E-state index contributed by atoms with van der Waals surface area (Å²) < 4.78 is 6.25. The largest absolute Gasteiger partial charge is 0.464 e. The number of hydrogen-bond acceptors (Lipinski definition) is 4. The molecule has 0 bridgehead atoms. The van der Waals surface area contributed by atoms with Crippen molar-refractivity contribution in [2.75, 3.05) is 12.8 Å². The smallest absolute Gasteiger partial charge is 0.358 e. The first kappa shape index (κ1) is 12.2. The van der Waals surface area contributed by atoms with Crippen LogP contribution in [0.1, 0.15) is 21.6 Å².